The summed E-state index contributed by atoms with van der Waals surface area (Å²) in [7, 11) is -10.0. The van der Waals surface area contributed by atoms with Crippen LogP contribution in [-0.2, 0) is 34.0 Å². The van der Waals surface area contributed by atoms with Crippen LogP contribution in [0, 0.1) is 0 Å². The average Bonchev–Trinajstić information content (AvgIpc) is 1.99. The maximum Gasteiger partial charge on any atom is 0.465 e. The first-order valence-electron chi connectivity index (χ1n) is 3.24. The second-order valence-electron chi connectivity index (χ2n) is 2.36. The van der Waals surface area contributed by atoms with Crippen molar-refractivity contribution in [3.05, 3.63) is 0 Å². The number of hydrogen-bond acceptors (Lipinski definition) is 7. The van der Waals surface area contributed by atoms with E-state index in [4.69, 9.17) is 4.55 Å². The van der Waals surface area contributed by atoms with E-state index in [1.807, 2.05) is 0 Å². The summed E-state index contributed by atoms with van der Waals surface area (Å²) in [5.41, 5.74) is 0. The van der Waals surface area contributed by atoms with Crippen molar-refractivity contribution in [3.8, 4) is 0 Å². The topological polar surface area (TPSA) is 124 Å². The zero-order chi connectivity index (χ0) is 13.2. The van der Waals surface area contributed by atoms with Crippen molar-refractivity contribution in [1.29, 1.82) is 0 Å². The second-order valence-corrected chi connectivity index (χ2v) is 5.47. The smallest absolute Gasteiger partial charge is 0.432 e. The molecule has 0 aliphatic carbocycles. The van der Waals surface area contributed by atoms with Crippen molar-refractivity contribution in [2.45, 2.75) is 5.25 Å². The van der Waals surface area contributed by atoms with Crippen LogP contribution in [0.15, 0.2) is 0 Å². The van der Waals surface area contributed by atoms with Crippen LogP contribution >= 0.6 is 0 Å². The predicted octanol–water partition coefficient (Wildman–Crippen LogP) is -1.06. The molecule has 1 N–H and O–H groups in total. The van der Waals surface area contributed by atoms with Gasteiger partial charge in [0.05, 0.1) is 6.26 Å². The molecule has 0 rings (SSSR count). The van der Waals surface area contributed by atoms with Gasteiger partial charge >= 0.3 is 21.3 Å². The summed E-state index contributed by atoms with van der Waals surface area (Å²) in [6.45, 7) is -1.43. The second kappa shape index (κ2) is 4.57. The van der Waals surface area contributed by atoms with Gasteiger partial charge in [0.2, 0.25) is 6.79 Å². The normalized spacial score (nSPS) is 13.5. The molecule has 0 saturated carbocycles. The SMILES string of the molecule is CS(=O)(=O)OCOC(=O)C(F)(F)S(=O)(=O)O. The maximum absolute atomic E-state index is 12.4. The standard InChI is InChI=1S/C4H6F2O8S2/c1-15(8,9)14-2-13-3(7)4(5,6)16(10,11)12/h2H2,1H3,(H,10,11,12). The van der Waals surface area contributed by atoms with Gasteiger partial charge in [-0.15, -0.1) is 0 Å². The highest BCUT2D eigenvalue weighted by Gasteiger charge is 2.54. The molecule has 0 saturated heterocycles. The molecule has 0 aromatic rings. The third-order valence-corrected chi connectivity index (χ3v) is 2.35. The molecule has 0 heterocycles. The molecule has 16 heavy (non-hydrogen) atoms. The predicted molar refractivity (Wildman–Crippen MR) is 43.4 cm³/mol. The van der Waals surface area contributed by atoms with Crippen LogP contribution in [0.2, 0.25) is 0 Å². The fourth-order valence-corrected chi connectivity index (χ4v) is 0.847. The molecule has 8 nitrogen and oxygen atoms in total. The average molecular weight is 284 g/mol. The summed E-state index contributed by atoms with van der Waals surface area (Å²) in [6, 6.07) is 0. The number of ether oxygens (including phenoxy) is 1. The van der Waals surface area contributed by atoms with E-state index in [1.54, 1.807) is 0 Å². The van der Waals surface area contributed by atoms with Crippen LogP contribution in [0.3, 0.4) is 0 Å². The minimum absolute atomic E-state index is 0.543. The first-order valence-corrected chi connectivity index (χ1v) is 6.50. The summed E-state index contributed by atoms with van der Waals surface area (Å²) in [4.78, 5) is 10.4. The van der Waals surface area contributed by atoms with Gasteiger partial charge in [-0.2, -0.15) is 25.6 Å². The zero-order valence-corrected chi connectivity index (χ0v) is 9.22. The molecule has 0 unspecified atom stereocenters. The minimum atomic E-state index is -5.98. The maximum atomic E-state index is 12.4. The summed E-state index contributed by atoms with van der Waals surface area (Å²) < 4.78 is 80.6. The quantitative estimate of drug-likeness (QED) is 0.293. The van der Waals surface area contributed by atoms with Gasteiger partial charge in [0.15, 0.2) is 0 Å². The van der Waals surface area contributed by atoms with Gasteiger partial charge in [0, 0.05) is 0 Å². The van der Waals surface area contributed by atoms with Crippen molar-refractivity contribution in [3.63, 3.8) is 0 Å². The van der Waals surface area contributed by atoms with Crippen LogP contribution in [0.5, 0.6) is 0 Å². The molecule has 0 aromatic carbocycles. The Balaban J connectivity index is 4.51. The Hall–Kier alpha value is -0.850. The Morgan fingerprint density at radius 1 is 1.31 bits per heavy atom. The Bertz CT molecular complexity index is 462. The monoisotopic (exact) mass is 284 g/mol. The fraction of sp³-hybridized carbons (Fsp3) is 0.750. The molecule has 0 spiro atoms. The lowest BCUT2D eigenvalue weighted by atomic mass is 10.7. The van der Waals surface area contributed by atoms with Crippen LogP contribution in [0.1, 0.15) is 0 Å². The largest absolute Gasteiger partial charge is 0.465 e. The molecule has 96 valence electrons. The van der Waals surface area contributed by atoms with Crippen molar-refractivity contribution in [2.24, 2.45) is 0 Å². The third-order valence-electron chi connectivity index (χ3n) is 1.01. The van der Waals surface area contributed by atoms with E-state index in [-0.39, 0.29) is 0 Å². The molecular weight excluding hydrogens is 278 g/mol. The van der Waals surface area contributed by atoms with Crippen molar-refractivity contribution >= 4 is 26.2 Å². The van der Waals surface area contributed by atoms with Gasteiger partial charge in [-0.1, -0.05) is 0 Å². The summed E-state index contributed by atoms with van der Waals surface area (Å²) in [5.74, 6) is -2.65. The third kappa shape index (κ3) is 4.34. The number of halogens is 2. The molecule has 0 aromatic heterocycles. The Labute approximate surface area is 89.0 Å². The lowest BCUT2D eigenvalue weighted by Gasteiger charge is -2.11. The molecule has 0 aliphatic heterocycles. The number of carbonyl (C=O) groups excluding carboxylic acids is 1. The first-order chi connectivity index (χ1) is 6.88. The van der Waals surface area contributed by atoms with E-state index in [2.05, 4.69) is 8.92 Å². The lowest BCUT2D eigenvalue weighted by molar-refractivity contribution is -0.167. The van der Waals surface area contributed by atoms with Crippen LogP contribution in [0.25, 0.3) is 0 Å². The molecule has 0 radical (unpaired) electrons. The number of hydrogen-bond donors (Lipinski definition) is 1. The van der Waals surface area contributed by atoms with Gasteiger partial charge in [0.1, 0.15) is 0 Å². The van der Waals surface area contributed by atoms with Gasteiger partial charge in [-0.05, 0) is 0 Å². The lowest BCUT2D eigenvalue weighted by Crippen LogP contribution is -2.39. The van der Waals surface area contributed by atoms with Gasteiger partial charge < -0.3 is 4.74 Å². The van der Waals surface area contributed by atoms with Crippen molar-refractivity contribution < 1.29 is 43.9 Å². The number of alkyl halides is 2. The molecule has 0 atom stereocenters. The minimum Gasteiger partial charge on any atom is -0.432 e. The van der Waals surface area contributed by atoms with Crippen LogP contribution < -0.4 is 0 Å². The van der Waals surface area contributed by atoms with E-state index in [9.17, 15) is 30.4 Å². The number of rotatable bonds is 5. The number of esters is 1. The van der Waals surface area contributed by atoms with E-state index in [0.29, 0.717) is 6.26 Å². The van der Waals surface area contributed by atoms with E-state index >= 15 is 0 Å². The summed E-state index contributed by atoms with van der Waals surface area (Å²) >= 11 is 0. The van der Waals surface area contributed by atoms with E-state index in [0.717, 1.165) is 0 Å². The molecular formula is C4H6F2O8S2. The summed E-state index contributed by atoms with van der Waals surface area (Å²) in [5, 5.41) is -5.19. The van der Waals surface area contributed by atoms with Crippen LogP contribution in [0.4, 0.5) is 8.78 Å². The Kier molecular flexibility index (Phi) is 4.32. The molecule has 12 heteroatoms. The van der Waals surface area contributed by atoms with Crippen molar-refractivity contribution in [1.82, 2.24) is 0 Å². The fourth-order valence-electron chi connectivity index (χ4n) is 0.354. The molecule has 0 amide bonds. The highest BCUT2D eigenvalue weighted by atomic mass is 32.2. The molecule has 0 fully saturated rings. The van der Waals surface area contributed by atoms with E-state index in [1.165, 1.54) is 0 Å². The number of carbonyl (C=O) groups is 1. The van der Waals surface area contributed by atoms with Crippen LogP contribution in [-0.4, -0.2) is 45.7 Å². The first kappa shape index (κ1) is 15.2. The molecule has 0 bridgehead atoms. The Morgan fingerprint density at radius 2 is 1.75 bits per heavy atom. The zero-order valence-electron chi connectivity index (χ0n) is 7.58. The van der Waals surface area contributed by atoms with Gasteiger partial charge in [0.25, 0.3) is 10.1 Å². The summed E-state index contributed by atoms with van der Waals surface area (Å²) in [6.07, 6.45) is 0.543. The highest BCUT2D eigenvalue weighted by Crippen LogP contribution is 2.22. The van der Waals surface area contributed by atoms with Gasteiger partial charge in [-0.3, -0.25) is 4.55 Å². The van der Waals surface area contributed by atoms with E-state index < -0.39 is 38.3 Å². The molecule has 0 aliphatic rings. The highest BCUT2D eigenvalue weighted by molar-refractivity contribution is 7.87. The van der Waals surface area contributed by atoms with Gasteiger partial charge in [-0.25, -0.2) is 8.98 Å². The Morgan fingerprint density at radius 3 is 2.06 bits per heavy atom. The van der Waals surface area contributed by atoms with Crippen molar-refractivity contribution in [2.75, 3.05) is 13.0 Å².